The number of aryl methyl sites for hydroxylation is 2. The summed E-state index contributed by atoms with van der Waals surface area (Å²) in [5.74, 6) is -1.19. The highest BCUT2D eigenvalue weighted by Gasteiger charge is 2.34. The summed E-state index contributed by atoms with van der Waals surface area (Å²) in [6.07, 6.45) is 3.25. The molecule has 8 nitrogen and oxygen atoms in total. The lowest BCUT2D eigenvalue weighted by Crippen LogP contribution is -2.42. The van der Waals surface area contributed by atoms with Crippen LogP contribution in [0, 0.1) is 5.92 Å². The van der Waals surface area contributed by atoms with E-state index in [1.54, 1.807) is 6.92 Å². The van der Waals surface area contributed by atoms with Crippen molar-refractivity contribution >= 4 is 59.4 Å². The molecular weight excluding hydrogens is 522 g/mol. The molecule has 196 valence electrons. The second-order valence-corrected chi connectivity index (χ2v) is 12.6. The molecule has 4 aromatic rings. The first-order valence-electron chi connectivity index (χ1n) is 12.8. The van der Waals surface area contributed by atoms with E-state index in [0.29, 0.717) is 30.1 Å². The lowest BCUT2D eigenvalue weighted by Gasteiger charge is -2.30. The molecule has 1 aliphatic heterocycles. The second-order valence-electron chi connectivity index (χ2n) is 9.67. The number of hydrogen-bond acceptors (Lipinski definition) is 7. The topological polar surface area (TPSA) is 106 Å². The molecule has 1 aliphatic carbocycles. The quantitative estimate of drug-likeness (QED) is 0.348. The number of esters is 1. The number of thiazole rings is 1. The number of sulfonamides is 1. The number of amides is 1. The van der Waals surface area contributed by atoms with Crippen molar-refractivity contribution in [2.75, 3.05) is 25.0 Å². The van der Waals surface area contributed by atoms with Gasteiger partial charge in [-0.15, -0.1) is 0 Å². The number of carbonyl (C=O) groups excluding carboxylic acids is 2. The molecule has 1 amide bonds. The molecule has 1 aromatic heterocycles. The fourth-order valence-electron chi connectivity index (χ4n) is 5.47. The van der Waals surface area contributed by atoms with Crippen LogP contribution < -0.4 is 5.32 Å². The van der Waals surface area contributed by atoms with E-state index in [2.05, 4.69) is 29.6 Å². The van der Waals surface area contributed by atoms with E-state index in [9.17, 15) is 18.0 Å². The largest absolute Gasteiger partial charge is 0.466 e. The maximum absolute atomic E-state index is 13.2. The Hall–Kier alpha value is -3.34. The number of fused-ring (bicyclic) bond motifs is 2. The van der Waals surface area contributed by atoms with Gasteiger partial charge in [0.1, 0.15) is 0 Å². The van der Waals surface area contributed by atoms with Gasteiger partial charge in [0.05, 0.1) is 27.6 Å². The highest BCUT2D eigenvalue weighted by atomic mass is 32.2. The van der Waals surface area contributed by atoms with Gasteiger partial charge in [-0.2, -0.15) is 4.31 Å². The van der Waals surface area contributed by atoms with Crippen molar-refractivity contribution in [3.05, 3.63) is 65.2 Å². The number of anilines is 1. The van der Waals surface area contributed by atoms with Crippen LogP contribution in [0.3, 0.4) is 0 Å². The zero-order valence-electron chi connectivity index (χ0n) is 20.9. The molecule has 1 atom stereocenters. The standard InChI is InChI=1S/C28H27N3O5S2/c1-2-36-27(33)20-6-4-14-31(16-20)38(34,35)21-12-10-18(11-13-21)26(32)30-28-29-25-22-7-3-5-17-8-9-19(24(17)22)15-23(25)37-28/h3,5,7,10-13,15,20H,2,4,6,8-9,14,16H2,1H3,(H,29,30,32). The summed E-state index contributed by atoms with van der Waals surface area (Å²) < 4.78 is 33.9. The molecule has 2 heterocycles. The van der Waals surface area contributed by atoms with Crippen molar-refractivity contribution in [2.45, 2.75) is 37.5 Å². The molecule has 0 radical (unpaired) electrons. The van der Waals surface area contributed by atoms with Gasteiger partial charge in [0.2, 0.25) is 10.0 Å². The molecule has 0 saturated carbocycles. The van der Waals surface area contributed by atoms with Crippen molar-refractivity contribution in [1.82, 2.24) is 9.29 Å². The number of benzene rings is 3. The minimum absolute atomic E-state index is 0.0859. The molecule has 38 heavy (non-hydrogen) atoms. The van der Waals surface area contributed by atoms with Crippen LogP contribution in [0.1, 0.15) is 41.3 Å². The minimum atomic E-state index is -3.80. The summed E-state index contributed by atoms with van der Waals surface area (Å²) in [6, 6.07) is 14.3. The predicted octanol–water partition coefficient (Wildman–Crippen LogP) is 4.76. The Morgan fingerprint density at radius 3 is 2.71 bits per heavy atom. The normalized spacial score (nSPS) is 17.7. The third-order valence-electron chi connectivity index (χ3n) is 7.33. The van der Waals surface area contributed by atoms with Gasteiger partial charge in [0.15, 0.2) is 5.13 Å². The Labute approximate surface area is 224 Å². The van der Waals surface area contributed by atoms with Crippen LogP contribution in [0.5, 0.6) is 0 Å². The van der Waals surface area contributed by atoms with Gasteiger partial charge in [-0.25, -0.2) is 13.4 Å². The fourth-order valence-corrected chi connectivity index (χ4v) is 7.93. The molecular formula is C28H27N3O5S2. The summed E-state index contributed by atoms with van der Waals surface area (Å²) in [6.45, 7) is 2.44. The highest BCUT2D eigenvalue weighted by Crippen LogP contribution is 2.39. The van der Waals surface area contributed by atoms with E-state index in [1.165, 1.54) is 56.4 Å². The Kier molecular flexibility index (Phi) is 6.41. The Balaban J connectivity index is 1.19. The van der Waals surface area contributed by atoms with Crippen LogP contribution in [0.25, 0.3) is 21.0 Å². The maximum atomic E-state index is 13.2. The number of hydrogen-bond donors (Lipinski definition) is 1. The summed E-state index contributed by atoms with van der Waals surface area (Å²) >= 11 is 1.44. The number of nitrogens with zero attached hydrogens (tertiary/aromatic N) is 2. The summed E-state index contributed by atoms with van der Waals surface area (Å²) in [5.41, 5.74) is 3.88. The monoisotopic (exact) mass is 549 g/mol. The number of ether oxygens (including phenoxy) is 1. The first-order valence-corrected chi connectivity index (χ1v) is 15.0. The van der Waals surface area contributed by atoms with Gasteiger partial charge in [-0.3, -0.25) is 14.9 Å². The smallest absolute Gasteiger partial charge is 0.310 e. The van der Waals surface area contributed by atoms with Gasteiger partial charge < -0.3 is 4.74 Å². The van der Waals surface area contributed by atoms with Crippen molar-refractivity contribution in [3.63, 3.8) is 0 Å². The van der Waals surface area contributed by atoms with Gasteiger partial charge in [0.25, 0.3) is 5.91 Å². The molecule has 1 N–H and O–H groups in total. The fraction of sp³-hybridized carbons (Fsp3) is 0.321. The number of nitrogens with one attached hydrogen (secondary N) is 1. The summed E-state index contributed by atoms with van der Waals surface area (Å²) in [4.78, 5) is 29.9. The molecule has 10 heteroatoms. The van der Waals surface area contributed by atoms with E-state index >= 15 is 0 Å². The van der Waals surface area contributed by atoms with Gasteiger partial charge in [0, 0.05) is 24.0 Å². The minimum Gasteiger partial charge on any atom is -0.466 e. The van der Waals surface area contributed by atoms with Crippen LogP contribution >= 0.6 is 11.3 Å². The third kappa shape index (κ3) is 4.36. The molecule has 0 bridgehead atoms. The first kappa shape index (κ1) is 25.0. The average molecular weight is 550 g/mol. The van der Waals surface area contributed by atoms with Crippen LogP contribution in [0.15, 0.2) is 53.4 Å². The number of carbonyl (C=O) groups is 2. The van der Waals surface area contributed by atoms with Gasteiger partial charge in [-0.05, 0) is 79.5 Å². The maximum Gasteiger partial charge on any atom is 0.310 e. The lowest BCUT2D eigenvalue weighted by atomic mass is 10.0. The molecule has 1 fully saturated rings. The predicted molar refractivity (Wildman–Crippen MR) is 147 cm³/mol. The van der Waals surface area contributed by atoms with Crippen LogP contribution in [0.2, 0.25) is 0 Å². The van der Waals surface area contributed by atoms with Crippen LogP contribution in [0.4, 0.5) is 5.13 Å². The molecule has 6 rings (SSSR count). The molecule has 2 aliphatic rings. The van der Waals surface area contributed by atoms with E-state index in [4.69, 9.17) is 9.72 Å². The van der Waals surface area contributed by atoms with Crippen molar-refractivity contribution in [3.8, 4) is 0 Å². The number of aromatic nitrogens is 1. The van der Waals surface area contributed by atoms with Gasteiger partial charge >= 0.3 is 5.97 Å². The lowest BCUT2D eigenvalue weighted by molar-refractivity contribution is -0.149. The molecule has 0 spiro atoms. The highest BCUT2D eigenvalue weighted by molar-refractivity contribution is 7.89. The van der Waals surface area contributed by atoms with Crippen LogP contribution in [-0.2, 0) is 32.4 Å². The Morgan fingerprint density at radius 2 is 1.92 bits per heavy atom. The zero-order valence-corrected chi connectivity index (χ0v) is 22.5. The first-order chi connectivity index (χ1) is 18.3. The molecule has 1 saturated heterocycles. The van der Waals surface area contributed by atoms with E-state index < -0.39 is 15.9 Å². The van der Waals surface area contributed by atoms with Crippen LogP contribution in [-0.4, -0.2) is 49.3 Å². The number of piperidine rings is 1. The SMILES string of the molecule is CCOC(=O)C1CCCN(S(=O)(=O)c2ccc(C(=O)Nc3nc4c(cc5c6c(cccc64)CC5)s3)cc2)C1. The average Bonchev–Trinajstić information content (AvgIpc) is 3.54. The van der Waals surface area contributed by atoms with E-state index in [1.807, 2.05) is 0 Å². The van der Waals surface area contributed by atoms with Crippen molar-refractivity contribution in [1.29, 1.82) is 0 Å². The van der Waals surface area contributed by atoms with E-state index in [-0.39, 0.29) is 29.9 Å². The zero-order chi connectivity index (χ0) is 26.4. The number of rotatable bonds is 6. The summed E-state index contributed by atoms with van der Waals surface area (Å²) in [5, 5.41) is 5.77. The molecule has 1 unspecified atom stereocenters. The second kappa shape index (κ2) is 9.76. The third-order valence-corrected chi connectivity index (χ3v) is 10.1. The van der Waals surface area contributed by atoms with E-state index in [0.717, 1.165) is 28.4 Å². The molecule has 3 aromatic carbocycles. The van der Waals surface area contributed by atoms with Gasteiger partial charge in [-0.1, -0.05) is 29.5 Å². The Bertz CT molecular complexity index is 1680. The summed E-state index contributed by atoms with van der Waals surface area (Å²) in [7, 11) is -3.80. The van der Waals surface area contributed by atoms with Crippen molar-refractivity contribution in [2.24, 2.45) is 5.92 Å². The van der Waals surface area contributed by atoms with Crippen molar-refractivity contribution < 1.29 is 22.7 Å². The Morgan fingerprint density at radius 1 is 1.13 bits per heavy atom.